The van der Waals surface area contributed by atoms with Crippen LogP contribution in [0.1, 0.15) is 33.1 Å². The smallest absolute Gasteiger partial charge is 0.103 e. The van der Waals surface area contributed by atoms with Crippen LogP contribution in [-0.4, -0.2) is 35.3 Å². The summed E-state index contributed by atoms with van der Waals surface area (Å²) < 4.78 is 0. The van der Waals surface area contributed by atoms with Crippen molar-refractivity contribution in [2.24, 2.45) is 0 Å². The molecule has 1 unspecified atom stereocenters. The molecule has 0 aliphatic rings. The van der Waals surface area contributed by atoms with Gasteiger partial charge in [-0.3, -0.25) is 5.32 Å². The van der Waals surface area contributed by atoms with Gasteiger partial charge in [-0.1, -0.05) is 6.92 Å². The topological polar surface area (TPSA) is 56.0 Å². The molecule has 15 heavy (non-hydrogen) atoms. The molecule has 0 saturated carbocycles. The standard InChI is InChI=1S/C11H22N2OS/c1-3-13-11(2,10-12)6-4-8-15-9-5-7-14/h13-14H,3-9H2,1-2H3. The minimum atomic E-state index is -0.369. The third-order valence-corrected chi connectivity index (χ3v) is 3.38. The molecule has 0 amide bonds. The first-order chi connectivity index (χ1) is 7.18. The largest absolute Gasteiger partial charge is 0.396 e. The second-order valence-electron chi connectivity index (χ2n) is 3.77. The zero-order valence-corrected chi connectivity index (χ0v) is 10.6. The lowest BCUT2D eigenvalue weighted by Crippen LogP contribution is -2.40. The molecule has 0 aliphatic carbocycles. The van der Waals surface area contributed by atoms with Gasteiger partial charge in [-0.25, -0.2) is 0 Å². The van der Waals surface area contributed by atoms with Crippen LogP contribution in [0.4, 0.5) is 0 Å². The average Bonchev–Trinajstić information content (AvgIpc) is 2.24. The molecule has 0 radical (unpaired) electrons. The first-order valence-electron chi connectivity index (χ1n) is 5.53. The molecule has 0 saturated heterocycles. The van der Waals surface area contributed by atoms with Gasteiger partial charge in [0.15, 0.2) is 0 Å². The van der Waals surface area contributed by atoms with Crippen molar-refractivity contribution in [1.29, 1.82) is 5.26 Å². The van der Waals surface area contributed by atoms with Gasteiger partial charge in [0.05, 0.1) is 6.07 Å². The van der Waals surface area contributed by atoms with E-state index in [-0.39, 0.29) is 12.1 Å². The number of rotatable bonds is 9. The van der Waals surface area contributed by atoms with Crippen molar-refractivity contribution in [3.63, 3.8) is 0 Å². The van der Waals surface area contributed by atoms with Crippen LogP contribution in [0.5, 0.6) is 0 Å². The van der Waals surface area contributed by atoms with Crippen molar-refractivity contribution in [1.82, 2.24) is 5.32 Å². The first kappa shape index (κ1) is 14.8. The molecule has 0 spiro atoms. The zero-order valence-electron chi connectivity index (χ0n) is 9.75. The van der Waals surface area contributed by atoms with E-state index in [1.165, 1.54) is 0 Å². The second-order valence-corrected chi connectivity index (χ2v) is 4.99. The molecule has 0 rings (SSSR count). The van der Waals surface area contributed by atoms with Crippen LogP contribution in [0.25, 0.3) is 0 Å². The molecule has 4 heteroatoms. The van der Waals surface area contributed by atoms with E-state index < -0.39 is 0 Å². The van der Waals surface area contributed by atoms with Crippen LogP contribution in [0, 0.1) is 11.3 Å². The van der Waals surface area contributed by atoms with Crippen molar-refractivity contribution in [3.8, 4) is 6.07 Å². The lowest BCUT2D eigenvalue weighted by atomic mass is 9.98. The maximum atomic E-state index is 9.00. The van der Waals surface area contributed by atoms with Gasteiger partial charge < -0.3 is 5.11 Å². The minimum absolute atomic E-state index is 0.278. The van der Waals surface area contributed by atoms with Crippen molar-refractivity contribution >= 4 is 11.8 Å². The maximum Gasteiger partial charge on any atom is 0.103 e. The number of nitriles is 1. The molecule has 88 valence electrons. The quantitative estimate of drug-likeness (QED) is 0.593. The zero-order chi connectivity index (χ0) is 11.6. The maximum absolute atomic E-state index is 9.00. The highest BCUT2D eigenvalue weighted by atomic mass is 32.2. The van der Waals surface area contributed by atoms with E-state index >= 15 is 0 Å². The number of thioether (sulfide) groups is 1. The molecular weight excluding hydrogens is 208 g/mol. The summed E-state index contributed by atoms with van der Waals surface area (Å²) in [5.74, 6) is 2.09. The normalized spacial score (nSPS) is 14.5. The van der Waals surface area contributed by atoms with Crippen molar-refractivity contribution < 1.29 is 5.11 Å². The van der Waals surface area contributed by atoms with Gasteiger partial charge in [-0.2, -0.15) is 17.0 Å². The Bertz CT molecular complexity index is 194. The van der Waals surface area contributed by atoms with Crippen LogP contribution in [-0.2, 0) is 0 Å². The van der Waals surface area contributed by atoms with Crippen molar-refractivity contribution in [2.75, 3.05) is 24.7 Å². The molecule has 0 heterocycles. The molecule has 0 bridgehead atoms. The molecule has 0 fully saturated rings. The van der Waals surface area contributed by atoms with E-state index in [4.69, 9.17) is 10.4 Å². The number of hydrogen-bond donors (Lipinski definition) is 2. The van der Waals surface area contributed by atoms with E-state index in [2.05, 4.69) is 11.4 Å². The molecule has 0 aromatic carbocycles. The number of nitrogens with one attached hydrogen (secondary N) is 1. The summed E-state index contributed by atoms with van der Waals surface area (Å²) in [5, 5.41) is 20.8. The summed E-state index contributed by atoms with van der Waals surface area (Å²) in [6.07, 6.45) is 2.81. The number of hydrogen-bond acceptors (Lipinski definition) is 4. The lowest BCUT2D eigenvalue weighted by molar-refractivity contribution is 0.296. The molecule has 0 aromatic rings. The fourth-order valence-corrected chi connectivity index (χ4v) is 2.26. The Morgan fingerprint density at radius 3 is 2.60 bits per heavy atom. The summed E-state index contributed by atoms with van der Waals surface area (Å²) in [6, 6.07) is 2.32. The van der Waals surface area contributed by atoms with Crippen molar-refractivity contribution in [3.05, 3.63) is 0 Å². The van der Waals surface area contributed by atoms with Gasteiger partial charge >= 0.3 is 0 Å². The monoisotopic (exact) mass is 230 g/mol. The Kier molecular flexibility index (Phi) is 8.88. The highest BCUT2D eigenvalue weighted by Gasteiger charge is 2.20. The molecule has 0 aliphatic heterocycles. The molecular formula is C11H22N2OS. The lowest BCUT2D eigenvalue weighted by Gasteiger charge is -2.22. The van der Waals surface area contributed by atoms with Crippen LogP contribution >= 0.6 is 11.8 Å². The minimum Gasteiger partial charge on any atom is -0.396 e. The van der Waals surface area contributed by atoms with Gasteiger partial charge in [-0.15, -0.1) is 0 Å². The SMILES string of the molecule is CCNC(C)(C#N)CCCSCCCO. The summed E-state index contributed by atoms with van der Waals surface area (Å²) in [7, 11) is 0. The van der Waals surface area contributed by atoms with E-state index in [9.17, 15) is 0 Å². The summed E-state index contributed by atoms with van der Waals surface area (Å²) in [4.78, 5) is 0. The molecule has 2 N–H and O–H groups in total. The van der Waals surface area contributed by atoms with Crippen LogP contribution in [0.15, 0.2) is 0 Å². The van der Waals surface area contributed by atoms with E-state index in [1.807, 2.05) is 25.6 Å². The van der Waals surface area contributed by atoms with E-state index in [1.54, 1.807) is 0 Å². The fraction of sp³-hybridized carbons (Fsp3) is 0.909. The fourth-order valence-electron chi connectivity index (χ4n) is 1.37. The Labute approximate surface area is 97.2 Å². The van der Waals surface area contributed by atoms with Gasteiger partial charge in [0.2, 0.25) is 0 Å². The third kappa shape index (κ3) is 7.66. The van der Waals surface area contributed by atoms with Crippen LogP contribution < -0.4 is 5.32 Å². The summed E-state index contributed by atoms with van der Waals surface area (Å²) >= 11 is 1.85. The highest BCUT2D eigenvalue weighted by Crippen LogP contribution is 2.14. The van der Waals surface area contributed by atoms with Crippen LogP contribution in [0.3, 0.4) is 0 Å². The van der Waals surface area contributed by atoms with Crippen LogP contribution in [0.2, 0.25) is 0 Å². The van der Waals surface area contributed by atoms with Gasteiger partial charge in [0.25, 0.3) is 0 Å². The summed E-state index contributed by atoms with van der Waals surface area (Å²) in [5.41, 5.74) is -0.369. The molecule has 3 nitrogen and oxygen atoms in total. The molecule has 1 atom stereocenters. The Hall–Kier alpha value is -0.240. The Morgan fingerprint density at radius 1 is 1.40 bits per heavy atom. The number of aliphatic hydroxyl groups is 1. The first-order valence-corrected chi connectivity index (χ1v) is 6.69. The Balaban J connectivity index is 3.51. The van der Waals surface area contributed by atoms with Crippen molar-refractivity contribution in [2.45, 2.75) is 38.6 Å². The number of aliphatic hydroxyl groups excluding tert-OH is 1. The second kappa shape index (κ2) is 9.02. The third-order valence-electron chi connectivity index (χ3n) is 2.23. The Morgan fingerprint density at radius 2 is 2.07 bits per heavy atom. The van der Waals surface area contributed by atoms with Gasteiger partial charge in [-0.05, 0) is 44.2 Å². The summed E-state index contributed by atoms with van der Waals surface area (Å²) in [6.45, 7) is 5.09. The highest BCUT2D eigenvalue weighted by molar-refractivity contribution is 7.99. The predicted molar refractivity (Wildman–Crippen MR) is 66.0 cm³/mol. The van der Waals surface area contributed by atoms with E-state index in [0.717, 1.165) is 37.3 Å². The number of nitrogens with zero attached hydrogens (tertiary/aromatic N) is 1. The molecule has 0 aromatic heterocycles. The van der Waals surface area contributed by atoms with E-state index in [0.29, 0.717) is 0 Å². The van der Waals surface area contributed by atoms with Gasteiger partial charge in [0.1, 0.15) is 5.54 Å². The predicted octanol–water partition coefficient (Wildman–Crippen LogP) is 1.77. The average molecular weight is 230 g/mol. The van der Waals surface area contributed by atoms with Gasteiger partial charge in [0, 0.05) is 6.61 Å².